The Labute approximate surface area is 139 Å². The number of nitro groups is 1. The molecule has 0 amide bonds. The minimum Gasteiger partial charge on any atom is -0.324 e. The number of hydrogen-bond acceptors (Lipinski definition) is 5. The van der Waals surface area contributed by atoms with Gasteiger partial charge in [0.15, 0.2) is 0 Å². The van der Waals surface area contributed by atoms with Gasteiger partial charge in [-0.25, -0.2) is 9.97 Å². The molecular weight excluding hydrogens is 304 g/mol. The number of nitrogens with one attached hydrogen (secondary N) is 1. The molecule has 24 heavy (non-hydrogen) atoms. The Morgan fingerprint density at radius 3 is 2.71 bits per heavy atom. The quantitative estimate of drug-likeness (QED) is 0.569. The summed E-state index contributed by atoms with van der Waals surface area (Å²) in [6.07, 6.45) is 1.67. The van der Waals surface area contributed by atoms with Gasteiger partial charge in [0.25, 0.3) is 5.69 Å². The first-order valence-corrected chi connectivity index (χ1v) is 7.45. The number of anilines is 2. The third-order valence-electron chi connectivity index (χ3n) is 3.64. The molecule has 2 aromatic carbocycles. The summed E-state index contributed by atoms with van der Waals surface area (Å²) in [5, 5.41) is 13.9. The summed E-state index contributed by atoms with van der Waals surface area (Å²) >= 11 is 0. The lowest BCUT2D eigenvalue weighted by Gasteiger charge is -2.09. The highest BCUT2D eigenvalue weighted by atomic mass is 16.6. The molecule has 3 aromatic rings. The van der Waals surface area contributed by atoms with E-state index in [-0.39, 0.29) is 5.69 Å². The van der Waals surface area contributed by atoms with Crippen molar-refractivity contribution in [1.29, 1.82) is 0 Å². The summed E-state index contributed by atoms with van der Waals surface area (Å²) in [6, 6.07) is 14.3. The first-order chi connectivity index (χ1) is 11.5. The fourth-order valence-corrected chi connectivity index (χ4v) is 2.41. The molecule has 0 aliphatic rings. The molecular formula is C18H16N4O2. The van der Waals surface area contributed by atoms with E-state index < -0.39 is 4.92 Å². The van der Waals surface area contributed by atoms with Gasteiger partial charge in [-0.1, -0.05) is 23.8 Å². The fourth-order valence-electron chi connectivity index (χ4n) is 2.41. The zero-order valence-electron chi connectivity index (χ0n) is 13.4. The third-order valence-corrected chi connectivity index (χ3v) is 3.64. The molecule has 0 saturated heterocycles. The first kappa shape index (κ1) is 15.6. The number of nitro benzene ring substituents is 1. The zero-order chi connectivity index (χ0) is 17.1. The Kier molecular flexibility index (Phi) is 4.20. The number of nitrogens with zero attached hydrogens (tertiary/aromatic N) is 3. The van der Waals surface area contributed by atoms with Crippen LogP contribution in [-0.4, -0.2) is 14.9 Å². The minimum absolute atomic E-state index is 0.0192. The lowest BCUT2D eigenvalue weighted by molar-refractivity contribution is -0.384. The van der Waals surface area contributed by atoms with Crippen LogP contribution in [0, 0.1) is 24.0 Å². The average Bonchev–Trinajstić information content (AvgIpc) is 2.57. The summed E-state index contributed by atoms with van der Waals surface area (Å²) in [7, 11) is 0. The van der Waals surface area contributed by atoms with E-state index in [0.29, 0.717) is 11.6 Å². The van der Waals surface area contributed by atoms with Gasteiger partial charge >= 0.3 is 0 Å². The maximum Gasteiger partial charge on any atom is 0.271 e. The molecule has 0 aliphatic carbocycles. The average molecular weight is 320 g/mol. The van der Waals surface area contributed by atoms with Crippen LogP contribution in [0.5, 0.6) is 0 Å². The van der Waals surface area contributed by atoms with Crippen molar-refractivity contribution in [2.75, 3.05) is 5.32 Å². The molecule has 0 bridgehead atoms. The smallest absolute Gasteiger partial charge is 0.271 e. The number of non-ortho nitro benzene ring substituents is 1. The highest BCUT2D eigenvalue weighted by Crippen LogP contribution is 2.25. The van der Waals surface area contributed by atoms with Crippen molar-refractivity contribution < 1.29 is 4.92 Å². The molecule has 3 rings (SSSR count). The van der Waals surface area contributed by atoms with Crippen LogP contribution < -0.4 is 5.32 Å². The summed E-state index contributed by atoms with van der Waals surface area (Å²) < 4.78 is 0. The van der Waals surface area contributed by atoms with E-state index in [0.717, 1.165) is 22.4 Å². The van der Waals surface area contributed by atoms with Crippen LogP contribution in [0.3, 0.4) is 0 Å². The molecule has 0 radical (unpaired) electrons. The van der Waals surface area contributed by atoms with Crippen LogP contribution >= 0.6 is 0 Å². The summed E-state index contributed by atoms with van der Waals surface area (Å²) in [6.45, 7) is 4.07. The van der Waals surface area contributed by atoms with E-state index >= 15 is 0 Å². The Balaban J connectivity index is 1.92. The topological polar surface area (TPSA) is 81.0 Å². The number of aromatic nitrogens is 2. The molecule has 0 saturated carbocycles. The standard InChI is InChI=1S/C18H16N4O2/c1-12-6-7-13(2)16(10-12)17-8-9-19-18(21-17)20-14-4-3-5-15(11-14)22(23)24/h3-11H,1-2H3,(H,19,20,21). The lowest BCUT2D eigenvalue weighted by atomic mass is 10.0. The fraction of sp³-hybridized carbons (Fsp3) is 0.111. The van der Waals surface area contributed by atoms with Crippen molar-refractivity contribution in [1.82, 2.24) is 9.97 Å². The van der Waals surface area contributed by atoms with Crippen molar-refractivity contribution >= 4 is 17.3 Å². The lowest BCUT2D eigenvalue weighted by Crippen LogP contribution is -1.99. The van der Waals surface area contributed by atoms with Gasteiger partial charge in [0.1, 0.15) is 0 Å². The molecule has 6 heteroatoms. The first-order valence-electron chi connectivity index (χ1n) is 7.45. The van der Waals surface area contributed by atoms with E-state index in [2.05, 4.69) is 33.5 Å². The minimum atomic E-state index is -0.432. The highest BCUT2D eigenvalue weighted by Gasteiger charge is 2.08. The number of aryl methyl sites for hydroxylation is 2. The van der Waals surface area contributed by atoms with Crippen molar-refractivity contribution in [2.45, 2.75) is 13.8 Å². The number of hydrogen-bond donors (Lipinski definition) is 1. The maximum atomic E-state index is 10.9. The van der Waals surface area contributed by atoms with E-state index in [1.807, 2.05) is 19.9 Å². The molecule has 0 fully saturated rings. The third kappa shape index (κ3) is 3.38. The van der Waals surface area contributed by atoms with Gasteiger partial charge in [0.05, 0.1) is 10.6 Å². The predicted octanol–water partition coefficient (Wildman–Crippen LogP) is 4.41. The normalized spacial score (nSPS) is 10.4. The Morgan fingerprint density at radius 1 is 1.08 bits per heavy atom. The Morgan fingerprint density at radius 2 is 1.92 bits per heavy atom. The van der Waals surface area contributed by atoms with Gasteiger partial charge in [-0.15, -0.1) is 0 Å². The summed E-state index contributed by atoms with van der Waals surface area (Å²) in [5.41, 5.74) is 4.72. The molecule has 0 aliphatic heterocycles. The van der Waals surface area contributed by atoms with Crippen LogP contribution in [0.4, 0.5) is 17.3 Å². The molecule has 1 aromatic heterocycles. The van der Waals surface area contributed by atoms with Crippen LogP contribution in [0.25, 0.3) is 11.3 Å². The van der Waals surface area contributed by atoms with Crippen LogP contribution in [-0.2, 0) is 0 Å². The Hall–Kier alpha value is -3.28. The second-order valence-corrected chi connectivity index (χ2v) is 5.52. The van der Waals surface area contributed by atoms with E-state index in [9.17, 15) is 10.1 Å². The van der Waals surface area contributed by atoms with Crippen molar-refractivity contribution in [3.8, 4) is 11.3 Å². The summed E-state index contributed by atoms with van der Waals surface area (Å²) in [4.78, 5) is 19.1. The van der Waals surface area contributed by atoms with Crippen molar-refractivity contribution in [3.63, 3.8) is 0 Å². The molecule has 6 nitrogen and oxygen atoms in total. The molecule has 1 N–H and O–H groups in total. The van der Waals surface area contributed by atoms with E-state index in [1.165, 1.54) is 12.1 Å². The Bertz CT molecular complexity index is 909. The number of rotatable bonds is 4. The molecule has 0 atom stereocenters. The van der Waals surface area contributed by atoms with E-state index in [4.69, 9.17) is 0 Å². The molecule has 120 valence electrons. The highest BCUT2D eigenvalue weighted by molar-refractivity contribution is 5.66. The second-order valence-electron chi connectivity index (χ2n) is 5.52. The van der Waals surface area contributed by atoms with Gasteiger partial charge in [0.2, 0.25) is 5.95 Å². The molecule has 0 spiro atoms. The van der Waals surface area contributed by atoms with Gasteiger partial charge in [-0.3, -0.25) is 10.1 Å². The van der Waals surface area contributed by atoms with E-state index in [1.54, 1.807) is 18.3 Å². The largest absolute Gasteiger partial charge is 0.324 e. The van der Waals surface area contributed by atoms with Crippen LogP contribution in [0.1, 0.15) is 11.1 Å². The van der Waals surface area contributed by atoms with Crippen molar-refractivity contribution in [2.24, 2.45) is 0 Å². The second kappa shape index (κ2) is 6.45. The maximum absolute atomic E-state index is 10.9. The summed E-state index contributed by atoms with van der Waals surface area (Å²) in [5.74, 6) is 0.397. The van der Waals surface area contributed by atoms with Gasteiger partial charge in [0, 0.05) is 29.6 Å². The van der Waals surface area contributed by atoms with Gasteiger partial charge in [-0.05, 0) is 37.6 Å². The van der Waals surface area contributed by atoms with Gasteiger partial charge in [-0.2, -0.15) is 0 Å². The zero-order valence-corrected chi connectivity index (χ0v) is 13.4. The van der Waals surface area contributed by atoms with Crippen LogP contribution in [0.15, 0.2) is 54.7 Å². The SMILES string of the molecule is Cc1ccc(C)c(-c2ccnc(Nc3cccc([N+](=O)[O-])c3)n2)c1. The molecule has 1 heterocycles. The molecule has 0 unspecified atom stereocenters. The monoisotopic (exact) mass is 320 g/mol. The van der Waals surface area contributed by atoms with Gasteiger partial charge < -0.3 is 5.32 Å². The predicted molar refractivity (Wildman–Crippen MR) is 93.3 cm³/mol. The van der Waals surface area contributed by atoms with Crippen molar-refractivity contribution in [3.05, 3.63) is 76.0 Å². The van der Waals surface area contributed by atoms with Crippen LogP contribution in [0.2, 0.25) is 0 Å². The number of benzene rings is 2.